The summed E-state index contributed by atoms with van der Waals surface area (Å²) >= 11 is 0. The van der Waals surface area contributed by atoms with Crippen LogP contribution in [0.3, 0.4) is 0 Å². The number of unbranched alkanes of at least 4 members (excludes halogenated alkanes) is 1. The molecule has 0 bridgehead atoms. The third-order valence-corrected chi connectivity index (χ3v) is 4.70. The molecule has 0 aliphatic rings. The van der Waals surface area contributed by atoms with Gasteiger partial charge in [0.25, 0.3) is 0 Å². The van der Waals surface area contributed by atoms with E-state index in [2.05, 4.69) is 67.3 Å². The lowest BCUT2D eigenvalue weighted by molar-refractivity contribution is -0.913. The highest BCUT2D eigenvalue weighted by atomic mass is 15.3. The van der Waals surface area contributed by atoms with Crippen LogP contribution in [0.1, 0.15) is 73.6 Å². The molecule has 0 aliphatic heterocycles. The van der Waals surface area contributed by atoms with Crippen LogP contribution in [-0.4, -0.2) is 31.2 Å². The first kappa shape index (κ1) is 22.4. The molecule has 0 rings (SSSR count). The molecule has 23 heavy (non-hydrogen) atoms. The van der Waals surface area contributed by atoms with Crippen molar-refractivity contribution in [2.24, 2.45) is 17.8 Å². The van der Waals surface area contributed by atoms with E-state index in [9.17, 15) is 0 Å². The monoisotopic (exact) mass is 322 g/mol. The summed E-state index contributed by atoms with van der Waals surface area (Å²) in [6, 6.07) is 0. The molecule has 136 valence electrons. The molecule has 0 aromatic carbocycles. The maximum atomic E-state index is 3.91. The fraction of sp³-hybridized carbons (Fsp3) is 0.818. The zero-order valence-electron chi connectivity index (χ0n) is 17.2. The zero-order chi connectivity index (χ0) is 17.9. The first-order chi connectivity index (χ1) is 10.7. The molecule has 0 aliphatic carbocycles. The number of hydrogen-bond acceptors (Lipinski definition) is 0. The first-order valence-corrected chi connectivity index (χ1v) is 9.80. The Morgan fingerprint density at radius 2 is 1.70 bits per heavy atom. The molecule has 0 saturated carbocycles. The van der Waals surface area contributed by atoms with Crippen LogP contribution in [0.15, 0.2) is 24.3 Å². The van der Waals surface area contributed by atoms with E-state index >= 15 is 0 Å². The Labute approximate surface area is 147 Å². The summed E-state index contributed by atoms with van der Waals surface area (Å²) in [5, 5.41) is 0. The summed E-state index contributed by atoms with van der Waals surface area (Å²) in [6.45, 7) is 21.7. The third kappa shape index (κ3) is 12.5. The molecule has 2 atom stereocenters. The minimum Gasteiger partial charge on any atom is -0.326 e. The fourth-order valence-electron chi connectivity index (χ4n) is 3.53. The molecular formula is C22H44N+. The van der Waals surface area contributed by atoms with E-state index < -0.39 is 0 Å². The van der Waals surface area contributed by atoms with Crippen molar-refractivity contribution >= 4 is 0 Å². The predicted molar refractivity (Wildman–Crippen MR) is 107 cm³/mol. The van der Waals surface area contributed by atoms with E-state index in [0.717, 1.165) is 18.3 Å². The summed E-state index contributed by atoms with van der Waals surface area (Å²) in [5.41, 5.74) is 1.57. The second-order valence-electron chi connectivity index (χ2n) is 8.78. The van der Waals surface area contributed by atoms with Gasteiger partial charge in [-0.3, -0.25) is 0 Å². The highest BCUT2D eigenvalue weighted by molar-refractivity contribution is 4.99. The van der Waals surface area contributed by atoms with Gasteiger partial charge < -0.3 is 4.48 Å². The SMILES string of the molecule is C=CCC(C)C[N+](C)(CCCCC(C)=CC(C)C)CCC(C)C. The number of quaternary nitrogens is 1. The van der Waals surface area contributed by atoms with Gasteiger partial charge in [0.1, 0.15) is 0 Å². The molecular weight excluding hydrogens is 278 g/mol. The van der Waals surface area contributed by atoms with Crippen LogP contribution in [0.5, 0.6) is 0 Å². The second-order valence-corrected chi connectivity index (χ2v) is 8.78. The summed E-state index contributed by atoms with van der Waals surface area (Å²) in [5.74, 6) is 2.23. The Morgan fingerprint density at radius 1 is 1.04 bits per heavy atom. The van der Waals surface area contributed by atoms with Crippen LogP contribution in [0, 0.1) is 17.8 Å². The van der Waals surface area contributed by atoms with E-state index in [1.54, 1.807) is 5.57 Å². The maximum absolute atomic E-state index is 3.91. The predicted octanol–water partition coefficient (Wildman–Crippen LogP) is 6.46. The van der Waals surface area contributed by atoms with Crippen molar-refractivity contribution in [2.75, 3.05) is 26.7 Å². The first-order valence-electron chi connectivity index (χ1n) is 9.80. The molecule has 1 nitrogen and oxygen atoms in total. The van der Waals surface area contributed by atoms with Gasteiger partial charge in [-0.05, 0) is 50.9 Å². The van der Waals surface area contributed by atoms with Crippen LogP contribution in [0.2, 0.25) is 0 Å². The molecule has 0 amide bonds. The highest BCUT2D eigenvalue weighted by Gasteiger charge is 2.23. The van der Waals surface area contributed by atoms with Crippen molar-refractivity contribution in [3.05, 3.63) is 24.3 Å². The minimum atomic E-state index is 0.682. The Bertz CT molecular complexity index is 340. The van der Waals surface area contributed by atoms with Crippen molar-refractivity contribution < 1.29 is 4.48 Å². The van der Waals surface area contributed by atoms with Gasteiger partial charge in [-0.25, -0.2) is 0 Å². The summed E-state index contributed by atoms with van der Waals surface area (Å²) in [6.07, 6.45) is 10.9. The van der Waals surface area contributed by atoms with Crippen LogP contribution in [0.4, 0.5) is 0 Å². The van der Waals surface area contributed by atoms with E-state index in [1.807, 2.05) is 0 Å². The normalized spacial score (nSPS) is 16.7. The van der Waals surface area contributed by atoms with Gasteiger partial charge in [0.15, 0.2) is 0 Å². The molecule has 0 fully saturated rings. The molecule has 0 N–H and O–H groups in total. The molecule has 2 unspecified atom stereocenters. The van der Waals surface area contributed by atoms with Crippen molar-refractivity contribution in [1.29, 1.82) is 0 Å². The Balaban J connectivity index is 4.42. The lowest BCUT2D eigenvalue weighted by Crippen LogP contribution is -2.48. The average molecular weight is 323 g/mol. The van der Waals surface area contributed by atoms with Crippen molar-refractivity contribution in [3.63, 3.8) is 0 Å². The number of allylic oxidation sites excluding steroid dienone is 3. The van der Waals surface area contributed by atoms with Crippen molar-refractivity contribution in [3.8, 4) is 0 Å². The number of rotatable bonds is 13. The van der Waals surface area contributed by atoms with Gasteiger partial charge in [0.05, 0.1) is 26.7 Å². The number of hydrogen-bond donors (Lipinski definition) is 0. The van der Waals surface area contributed by atoms with Crippen molar-refractivity contribution in [2.45, 2.75) is 73.6 Å². The minimum absolute atomic E-state index is 0.682. The van der Waals surface area contributed by atoms with Gasteiger partial charge in [0, 0.05) is 5.92 Å². The summed E-state index contributed by atoms with van der Waals surface area (Å²) in [7, 11) is 2.47. The molecule has 0 saturated heterocycles. The number of nitrogens with zero attached hydrogens (tertiary/aromatic N) is 1. The van der Waals surface area contributed by atoms with Gasteiger partial charge in [-0.1, -0.05) is 52.3 Å². The van der Waals surface area contributed by atoms with Crippen LogP contribution < -0.4 is 0 Å². The smallest absolute Gasteiger partial charge is 0.0813 e. The largest absolute Gasteiger partial charge is 0.326 e. The second kappa shape index (κ2) is 11.9. The summed E-state index contributed by atoms with van der Waals surface area (Å²) < 4.78 is 1.24. The Morgan fingerprint density at radius 3 is 2.22 bits per heavy atom. The zero-order valence-corrected chi connectivity index (χ0v) is 17.2. The molecule has 0 aromatic heterocycles. The van der Waals surface area contributed by atoms with Crippen LogP contribution >= 0.6 is 0 Å². The van der Waals surface area contributed by atoms with Gasteiger partial charge in [0.2, 0.25) is 0 Å². The quantitative estimate of drug-likeness (QED) is 0.207. The van der Waals surface area contributed by atoms with Gasteiger partial charge in [-0.15, -0.1) is 6.58 Å². The van der Waals surface area contributed by atoms with E-state index in [1.165, 1.54) is 49.8 Å². The topological polar surface area (TPSA) is 0 Å². The standard InChI is InChI=1S/C22H44N/c1-9-12-22(7)18-23(8,16-14-19(2)3)15-11-10-13-21(6)17-20(4)5/h9,17,19-20,22H,1,10-16,18H2,2-8H3/q+1. The van der Waals surface area contributed by atoms with E-state index in [-0.39, 0.29) is 0 Å². The molecule has 0 heterocycles. The Kier molecular flexibility index (Phi) is 11.6. The average Bonchev–Trinajstić information content (AvgIpc) is 2.41. The molecule has 0 radical (unpaired) electrons. The third-order valence-electron chi connectivity index (χ3n) is 4.70. The molecule has 1 heteroatoms. The summed E-state index contributed by atoms with van der Waals surface area (Å²) in [4.78, 5) is 0. The van der Waals surface area contributed by atoms with E-state index in [4.69, 9.17) is 0 Å². The van der Waals surface area contributed by atoms with E-state index in [0.29, 0.717) is 5.92 Å². The molecule has 0 spiro atoms. The van der Waals surface area contributed by atoms with Crippen LogP contribution in [0.25, 0.3) is 0 Å². The van der Waals surface area contributed by atoms with Crippen molar-refractivity contribution in [1.82, 2.24) is 0 Å². The van der Waals surface area contributed by atoms with Gasteiger partial charge in [-0.2, -0.15) is 0 Å². The lowest BCUT2D eigenvalue weighted by Gasteiger charge is -2.37. The lowest BCUT2D eigenvalue weighted by atomic mass is 10.0. The van der Waals surface area contributed by atoms with Gasteiger partial charge >= 0.3 is 0 Å². The molecule has 0 aromatic rings. The highest BCUT2D eigenvalue weighted by Crippen LogP contribution is 2.18. The maximum Gasteiger partial charge on any atom is 0.0813 e. The Hall–Kier alpha value is -0.560. The fourth-order valence-corrected chi connectivity index (χ4v) is 3.53. The van der Waals surface area contributed by atoms with Crippen LogP contribution in [-0.2, 0) is 0 Å².